The van der Waals surface area contributed by atoms with Gasteiger partial charge in [-0.1, -0.05) is 13.8 Å². The van der Waals surface area contributed by atoms with Crippen LogP contribution in [-0.2, 0) is 11.3 Å². The van der Waals surface area contributed by atoms with Crippen molar-refractivity contribution in [1.82, 2.24) is 0 Å². The standard InChI is InChI=1S/C23H24O6/c1-13(2)17-11-18-16(10-22(24)29-20(18)8-14(17)3)12-28-19-7-6-15(23(25)27-5)9-21(19)26-4/h6-11,13H,12H2,1-5H3. The zero-order chi connectivity index (χ0) is 21.1. The van der Waals surface area contributed by atoms with Crippen LogP contribution < -0.4 is 15.1 Å². The van der Waals surface area contributed by atoms with Gasteiger partial charge in [-0.2, -0.15) is 0 Å². The van der Waals surface area contributed by atoms with Crippen LogP contribution >= 0.6 is 0 Å². The lowest BCUT2D eigenvalue weighted by atomic mass is 9.95. The number of ether oxygens (including phenoxy) is 3. The lowest BCUT2D eigenvalue weighted by Crippen LogP contribution is -2.06. The van der Waals surface area contributed by atoms with Crippen molar-refractivity contribution in [3.8, 4) is 11.5 Å². The molecule has 3 rings (SSSR count). The maximum atomic E-state index is 12.0. The number of rotatable bonds is 6. The Kier molecular flexibility index (Phi) is 5.92. The van der Waals surface area contributed by atoms with E-state index in [0.29, 0.717) is 28.6 Å². The highest BCUT2D eigenvalue weighted by Crippen LogP contribution is 2.31. The third-order valence-corrected chi connectivity index (χ3v) is 4.81. The number of fused-ring (bicyclic) bond motifs is 1. The van der Waals surface area contributed by atoms with Crippen LogP contribution in [0.5, 0.6) is 11.5 Å². The molecule has 0 aliphatic rings. The Labute approximate surface area is 169 Å². The lowest BCUT2D eigenvalue weighted by Gasteiger charge is -2.15. The molecule has 0 bridgehead atoms. The summed E-state index contributed by atoms with van der Waals surface area (Å²) in [6.07, 6.45) is 0. The number of hydrogen-bond acceptors (Lipinski definition) is 6. The van der Waals surface area contributed by atoms with Gasteiger partial charge < -0.3 is 18.6 Å². The molecule has 0 amide bonds. The van der Waals surface area contributed by atoms with Gasteiger partial charge >= 0.3 is 11.6 Å². The number of hydrogen-bond donors (Lipinski definition) is 0. The molecule has 1 heterocycles. The molecular formula is C23H24O6. The summed E-state index contributed by atoms with van der Waals surface area (Å²) in [5, 5.41) is 0.837. The van der Waals surface area contributed by atoms with Gasteiger partial charge in [-0.3, -0.25) is 0 Å². The van der Waals surface area contributed by atoms with E-state index in [1.165, 1.54) is 25.8 Å². The molecule has 6 heteroatoms. The number of methoxy groups -OCH3 is 2. The van der Waals surface area contributed by atoms with Crippen LogP contribution in [-0.4, -0.2) is 20.2 Å². The van der Waals surface area contributed by atoms with Gasteiger partial charge in [0.1, 0.15) is 12.2 Å². The minimum Gasteiger partial charge on any atom is -0.493 e. The van der Waals surface area contributed by atoms with Crippen molar-refractivity contribution < 1.29 is 23.4 Å². The second-order valence-electron chi connectivity index (χ2n) is 7.10. The molecule has 2 aromatic carbocycles. The van der Waals surface area contributed by atoms with Gasteiger partial charge in [-0.05, 0) is 54.3 Å². The maximum absolute atomic E-state index is 12.0. The number of carbonyl (C=O) groups excluding carboxylic acids is 1. The van der Waals surface area contributed by atoms with Crippen molar-refractivity contribution in [2.45, 2.75) is 33.3 Å². The summed E-state index contributed by atoms with van der Waals surface area (Å²) < 4.78 is 21.4. The molecular weight excluding hydrogens is 372 g/mol. The van der Waals surface area contributed by atoms with E-state index in [2.05, 4.69) is 19.9 Å². The zero-order valence-electron chi connectivity index (χ0n) is 17.2. The van der Waals surface area contributed by atoms with Gasteiger partial charge in [-0.15, -0.1) is 0 Å². The molecule has 0 fully saturated rings. The molecule has 0 saturated heterocycles. The number of benzene rings is 2. The average Bonchev–Trinajstić information content (AvgIpc) is 2.70. The highest BCUT2D eigenvalue weighted by Gasteiger charge is 2.14. The summed E-state index contributed by atoms with van der Waals surface area (Å²) in [5.41, 5.74) is 3.45. The summed E-state index contributed by atoms with van der Waals surface area (Å²) >= 11 is 0. The van der Waals surface area contributed by atoms with Crippen LogP contribution in [0.3, 0.4) is 0 Å². The first kappa shape index (κ1) is 20.5. The molecule has 0 N–H and O–H groups in total. The molecule has 0 unspecified atom stereocenters. The Balaban J connectivity index is 1.97. The molecule has 0 saturated carbocycles. The molecule has 0 radical (unpaired) electrons. The normalized spacial score (nSPS) is 11.0. The van der Waals surface area contributed by atoms with E-state index in [0.717, 1.165) is 16.5 Å². The first-order valence-corrected chi connectivity index (χ1v) is 9.30. The Hall–Kier alpha value is -3.28. The van der Waals surface area contributed by atoms with E-state index in [-0.39, 0.29) is 6.61 Å². The van der Waals surface area contributed by atoms with Gasteiger partial charge in [0.2, 0.25) is 0 Å². The molecule has 0 aliphatic heterocycles. The molecule has 1 aromatic heterocycles. The van der Waals surface area contributed by atoms with Crippen molar-refractivity contribution in [3.63, 3.8) is 0 Å². The Bertz CT molecular complexity index is 1110. The van der Waals surface area contributed by atoms with Crippen molar-refractivity contribution in [1.29, 1.82) is 0 Å². The minimum atomic E-state index is -0.460. The molecule has 6 nitrogen and oxygen atoms in total. The van der Waals surface area contributed by atoms with Gasteiger partial charge in [0.25, 0.3) is 0 Å². The van der Waals surface area contributed by atoms with E-state index in [9.17, 15) is 9.59 Å². The second kappa shape index (κ2) is 8.39. The summed E-state index contributed by atoms with van der Waals surface area (Å²) in [6, 6.07) is 10.2. The van der Waals surface area contributed by atoms with Crippen LogP contribution in [0, 0.1) is 6.92 Å². The predicted molar refractivity (Wildman–Crippen MR) is 110 cm³/mol. The van der Waals surface area contributed by atoms with Crippen LogP contribution in [0.4, 0.5) is 0 Å². The molecule has 152 valence electrons. The quantitative estimate of drug-likeness (QED) is 0.448. The van der Waals surface area contributed by atoms with E-state index in [1.807, 2.05) is 13.0 Å². The first-order chi connectivity index (χ1) is 13.8. The fraction of sp³-hybridized carbons (Fsp3) is 0.304. The lowest BCUT2D eigenvalue weighted by molar-refractivity contribution is 0.0600. The van der Waals surface area contributed by atoms with Crippen LogP contribution in [0.2, 0.25) is 0 Å². The number of esters is 1. The zero-order valence-corrected chi connectivity index (χ0v) is 17.2. The van der Waals surface area contributed by atoms with Gasteiger partial charge in [0.15, 0.2) is 11.5 Å². The van der Waals surface area contributed by atoms with E-state index < -0.39 is 11.6 Å². The smallest absolute Gasteiger partial charge is 0.337 e. The maximum Gasteiger partial charge on any atom is 0.337 e. The highest BCUT2D eigenvalue weighted by atomic mass is 16.5. The minimum absolute atomic E-state index is 0.149. The van der Waals surface area contributed by atoms with Crippen molar-refractivity contribution >= 4 is 16.9 Å². The number of aryl methyl sites for hydroxylation is 1. The highest BCUT2D eigenvalue weighted by molar-refractivity contribution is 5.90. The van der Waals surface area contributed by atoms with Gasteiger partial charge in [0.05, 0.1) is 19.8 Å². The second-order valence-corrected chi connectivity index (χ2v) is 7.10. The Morgan fingerprint density at radius 2 is 1.83 bits per heavy atom. The van der Waals surface area contributed by atoms with Crippen molar-refractivity contribution in [2.75, 3.05) is 14.2 Å². The van der Waals surface area contributed by atoms with Crippen LogP contribution in [0.25, 0.3) is 11.0 Å². The first-order valence-electron chi connectivity index (χ1n) is 9.30. The molecule has 0 aliphatic carbocycles. The third kappa shape index (κ3) is 4.26. The van der Waals surface area contributed by atoms with Crippen LogP contribution in [0.1, 0.15) is 46.8 Å². The molecule has 29 heavy (non-hydrogen) atoms. The Morgan fingerprint density at radius 1 is 1.07 bits per heavy atom. The Morgan fingerprint density at radius 3 is 2.48 bits per heavy atom. The molecule has 0 atom stereocenters. The summed E-state index contributed by atoms with van der Waals surface area (Å²) in [6.45, 7) is 6.40. The fourth-order valence-electron chi connectivity index (χ4n) is 3.32. The summed E-state index contributed by atoms with van der Waals surface area (Å²) in [5.74, 6) is 0.737. The molecule has 3 aromatic rings. The van der Waals surface area contributed by atoms with Crippen molar-refractivity contribution in [2.24, 2.45) is 0 Å². The van der Waals surface area contributed by atoms with E-state index >= 15 is 0 Å². The predicted octanol–water partition coefficient (Wildman–Crippen LogP) is 4.60. The summed E-state index contributed by atoms with van der Waals surface area (Å²) in [7, 11) is 2.81. The summed E-state index contributed by atoms with van der Waals surface area (Å²) in [4.78, 5) is 23.7. The largest absolute Gasteiger partial charge is 0.493 e. The van der Waals surface area contributed by atoms with E-state index in [4.69, 9.17) is 18.6 Å². The third-order valence-electron chi connectivity index (χ3n) is 4.81. The fourth-order valence-corrected chi connectivity index (χ4v) is 3.32. The van der Waals surface area contributed by atoms with Gasteiger partial charge in [0, 0.05) is 17.0 Å². The van der Waals surface area contributed by atoms with Crippen molar-refractivity contribution in [3.05, 3.63) is 69.1 Å². The van der Waals surface area contributed by atoms with Gasteiger partial charge in [-0.25, -0.2) is 9.59 Å². The SMILES string of the molecule is COC(=O)c1ccc(OCc2cc(=O)oc3cc(C)c(C(C)C)cc23)c(OC)c1. The van der Waals surface area contributed by atoms with E-state index in [1.54, 1.807) is 18.2 Å². The topological polar surface area (TPSA) is 75.0 Å². The molecule has 0 spiro atoms. The average molecular weight is 396 g/mol. The van der Waals surface area contributed by atoms with Crippen LogP contribution in [0.15, 0.2) is 45.6 Å². The monoisotopic (exact) mass is 396 g/mol. The number of carbonyl (C=O) groups is 1.